The van der Waals surface area contributed by atoms with Crippen LogP contribution in [0.4, 0.5) is 0 Å². The summed E-state index contributed by atoms with van der Waals surface area (Å²) in [5, 5.41) is 3.95. The fraction of sp³-hybridized carbons (Fsp3) is 0.700. The van der Waals surface area contributed by atoms with Gasteiger partial charge in [0, 0.05) is 5.56 Å². The SMILES string of the molecule is Cc1noc(C2(N)CCCC2)c1C. The first-order valence-electron chi connectivity index (χ1n) is 4.86. The Labute approximate surface area is 78.3 Å². The maximum absolute atomic E-state index is 6.26. The molecule has 3 heteroatoms. The summed E-state index contributed by atoms with van der Waals surface area (Å²) in [6, 6.07) is 0. The zero-order chi connectivity index (χ0) is 9.47. The minimum Gasteiger partial charge on any atom is -0.359 e. The minimum atomic E-state index is -0.231. The normalized spacial score (nSPS) is 20.8. The summed E-state index contributed by atoms with van der Waals surface area (Å²) in [5.41, 5.74) is 8.12. The second-order valence-electron chi connectivity index (χ2n) is 4.09. The summed E-state index contributed by atoms with van der Waals surface area (Å²) in [6.07, 6.45) is 4.47. The molecule has 1 aliphatic carbocycles. The van der Waals surface area contributed by atoms with E-state index in [-0.39, 0.29) is 5.54 Å². The van der Waals surface area contributed by atoms with Gasteiger partial charge in [-0.3, -0.25) is 0 Å². The third-order valence-electron chi connectivity index (χ3n) is 3.11. The van der Waals surface area contributed by atoms with E-state index in [0.717, 1.165) is 29.9 Å². The molecule has 0 radical (unpaired) electrons. The van der Waals surface area contributed by atoms with Gasteiger partial charge in [-0.1, -0.05) is 18.0 Å². The van der Waals surface area contributed by atoms with E-state index in [0.29, 0.717) is 0 Å². The first kappa shape index (κ1) is 8.75. The van der Waals surface area contributed by atoms with Crippen LogP contribution < -0.4 is 5.73 Å². The molecule has 1 aliphatic rings. The highest BCUT2D eigenvalue weighted by Gasteiger charge is 2.36. The Morgan fingerprint density at radius 3 is 2.38 bits per heavy atom. The molecule has 1 aromatic rings. The summed E-state index contributed by atoms with van der Waals surface area (Å²) in [6.45, 7) is 3.99. The smallest absolute Gasteiger partial charge is 0.159 e. The van der Waals surface area contributed by atoms with Gasteiger partial charge in [-0.15, -0.1) is 0 Å². The van der Waals surface area contributed by atoms with Gasteiger partial charge in [0.1, 0.15) is 0 Å². The van der Waals surface area contributed by atoms with Gasteiger partial charge < -0.3 is 10.3 Å². The van der Waals surface area contributed by atoms with Crippen molar-refractivity contribution in [1.29, 1.82) is 0 Å². The number of nitrogens with two attached hydrogens (primary N) is 1. The Hall–Kier alpha value is -0.830. The zero-order valence-corrected chi connectivity index (χ0v) is 8.26. The molecule has 2 rings (SSSR count). The standard InChI is InChI=1S/C10H16N2O/c1-7-8(2)12-13-9(7)10(11)5-3-4-6-10/h3-6,11H2,1-2H3. The van der Waals surface area contributed by atoms with E-state index in [1.807, 2.05) is 13.8 Å². The number of rotatable bonds is 1. The van der Waals surface area contributed by atoms with Gasteiger partial charge in [-0.25, -0.2) is 0 Å². The fourth-order valence-electron chi connectivity index (χ4n) is 2.11. The largest absolute Gasteiger partial charge is 0.359 e. The second-order valence-corrected chi connectivity index (χ2v) is 4.09. The maximum atomic E-state index is 6.26. The van der Waals surface area contributed by atoms with Gasteiger partial charge >= 0.3 is 0 Å². The van der Waals surface area contributed by atoms with Gasteiger partial charge in [0.05, 0.1) is 11.2 Å². The highest BCUT2D eigenvalue weighted by molar-refractivity contribution is 5.26. The molecule has 0 saturated heterocycles. The topological polar surface area (TPSA) is 52.0 Å². The van der Waals surface area contributed by atoms with Crippen LogP contribution in [0.2, 0.25) is 0 Å². The molecule has 0 amide bonds. The first-order chi connectivity index (χ1) is 6.13. The average molecular weight is 180 g/mol. The zero-order valence-electron chi connectivity index (χ0n) is 8.26. The van der Waals surface area contributed by atoms with Crippen LogP contribution in [0, 0.1) is 13.8 Å². The lowest BCUT2D eigenvalue weighted by Gasteiger charge is -2.20. The summed E-state index contributed by atoms with van der Waals surface area (Å²) in [4.78, 5) is 0. The molecule has 0 atom stereocenters. The van der Waals surface area contributed by atoms with Crippen molar-refractivity contribution in [1.82, 2.24) is 5.16 Å². The monoisotopic (exact) mass is 180 g/mol. The molecule has 3 nitrogen and oxygen atoms in total. The predicted molar refractivity (Wildman–Crippen MR) is 50.3 cm³/mol. The summed E-state index contributed by atoms with van der Waals surface area (Å²) in [5.74, 6) is 0.905. The number of hydrogen-bond acceptors (Lipinski definition) is 3. The third-order valence-corrected chi connectivity index (χ3v) is 3.11. The Kier molecular flexibility index (Phi) is 1.91. The maximum Gasteiger partial charge on any atom is 0.159 e. The second kappa shape index (κ2) is 2.84. The molecule has 0 bridgehead atoms. The van der Waals surface area contributed by atoms with Gasteiger partial charge in [0.2, 0.25) is 0 Å². The molecule has 2 N–H and O–H groups in total. The van der Waals surface area contributed by atoms with Crippen LogP contribution in [-0.2, 0) is 5.54 Å². The van der Waals surface area contributed by atoms with E-state index in [4.69, 9.17) is 10.3 Å². The van der Waals surface area contributed by atoms with E-state index in [1.165, 1.54) is 12.8 Å². The van der Waals surface area contributed by atoms with Gasteiger partial charge in [-0.2, -0.15) is 0 Å². The van der Waals surface area contributed by atoms with Crippen LogP contribution in [0.5, 0.6) is 0 Å². The number of nitrogens with zero attached hydrogens (tertiary/aromatic N) is 1. The van der Waals surface area contributed by atoms with E-state index in [9.17, 15) is 0 Å². The summed E-state index contributed by atoms with van der Waals surface area (Å²) < 4.78 is 5.31. The van der Waals surface area contributed by atoms with Crippen LogP contribution in [0.25, 0.3) is 0 Å². The summed E-state index contributed by atoms with van der Waals surface area (Å²) in [7, 11) is 0. The quantitative estimate of drug-likeness (QED) is 0.719. The lowest BCUT2D eigenvalue weighted by atomic mass is 9.92. The molecule has 13 heavy (non-hydrogen) atoms. The number of aryl methyl sites for hydroxylation is 1. The highest BCUT2D eigenvalue weighted by atomic mass is 16.5. The Balaban J connectivity index is 2.39. The molecular formula is C10H16N2O. The highest BCUT2D eigenvalue weighted by Crippen LogP contribution is 2.38. The van der Waals surface area contributed by atoms with Crippen molar-refractivity contribution in [2.24, 2.45) is 5.73 Å². The van der Waals surface area contributed by atoms with Gasteiger partial charge in [-0.05, 0) is 26.7 Å². The van der Waals surface area contributed by atoms with Crippen molar-refractivity contribution < 1.29 is 4.52 Å². The van der Waals surface area contributed by atoms with E-state index in [2.05, 4.69) is 5.16 Å². The van der Waals surface area contributed by atoms with Crippen LogP contribution in [-0.4, -0.2) is 5.16 Å². The van der Waals surface area contributed by atoms with Gasteiger partial charge in [0.25, 0.3) is 0 Å². The Morgan fingerprint density at radius 1 is 1.31 bits per heavy atom. The van der Waals surface area contributed by atoms with Crippen LogP contribution in [0.1, 0.15) is 42.7 Å². The minimum absolute atomic E-state index is 0.231. The van der Waals surface area contributed by atoms with Crippen LogP contribution >= 0.6 is 0 Å². The molecule has 1 saturated carbocycles. The lowest BCUT2D eigenvalue weighted by Crippen LogP contribution is -2.33. The molecule has 0 unspecified atom stereocenters. The molecule has 1 aromatic heterocycles. The Morgan fingerprint density at radius 2 is 1.92 bits per heavy atom. The third kappa shape index (κ3) is 1.27. The van der Waals surface area contributed by atoms with Crippen molar-refractivity contribution in [3.05, 3.63) is 17.0 Å². The van der Waals surface area contributed by atoms with E-state index in [1.54, 1.807) is 0 Å². The van der Waals surface area contributed by atoms with Crippen LogP contribution in [0.3, 0.4) is 0 Å². The fourth-order valence-corrected chi connectivity index (χ4v) is 2.11. The van der Waals surface area contributed by atoms with Crippen LogP contribution in [0.15, 0.2) is 4.52 Å². The first-order valence-corrected chi connectivity index (χ1v) is 4.86. The van der Waals surface area contributed by atoms with Crippen molar-refractivity contribution in [2.75, 3.05) is 0 Å². The van der Waals surface area contributed by atoms with Crippen molar-refractivity contribution in [3.8, 4) is 0 Å². The predicted octanol–water partition coefficient (Wildman–Crippen LogP) is 2.02. The molecular weight excluding hydrogens is 164 g/mol. The molecule has 0 aromatic carbocycles. The summed E-state index contributed by atoms with van der Waals surface area (Å²) >= 11 is 0. The molecule has 0 spiro atoms. The number of aromatic nitrogens is 1. The van der Waals surface area contributed by atoms with E-state index >= 15 is 0 Å². The molecule has 72 valence electrons. The molecule has 0 aliphatic heterocycles. The van der Waals surface area contributed by atoms with Crippen molar-refractivity contribution in [2.45, 2.75) is 45.1 Å². The Bertz CT molecular complexity index is 311. The van der Waals surface area contributed by atoms with Crippen molar-refractivity contribution in [3.63, 3.8) is 0 Å². The van der Waals surface area contributed by atoms with E-state index < -0.39 is 0 Å². The van der Waals surface area contributed by atoms with Gasteiger partial charge in [0.15, 0.2) is 5.76 Å². The molecule has 1 heterocycles. The molecule has 1 fully saturated rings. The lowest BCUT2D eigenvalue weighted by molar-refractivity contribution is 0.291. The van der Waals surface area contributed by atoms with Crippen molar-refractivity contribution >= 4 is 0 Å². The number of hydrogen-bond donors (Lipinski definition) is 1. The average Bonchev–Trinajstić information content (AvgIpc) is 2.63.